The average molecular weight is 500 g/mol. The van der Waals surface area contributed by atoms with Crippen LogP contribution in [0.3, 0.4) is 0 Å². The van der Waals surface area contributed by atoms with Crippen LogP contribution in [0.4, 0.5) is 5.69 Å². The van der Waals surface area contributed by atoms with Crippen LogP contribution >= 0.6 is 11.8 Å². The minimum absolute atomic E-state index is 0.0497. The molecule has 1 aliphatic carbocycles. The number of amidine groups is 1. The van der Waals surface area contributed by atoms with Crippen LogP contribution in [0.15, 0.2) is 63.9 Å². The number of para-hydroxylation sites is 1. The van der Waals surface area contributed by atoms with Gasteiger partial charge in [-0.1, -0.05) is 68.3 Å². The quantitative estimate of drug-likeness (QED) is 0.601. The summed E-state index contributed by atoms with van der Waals surface area (Å²) < 4.78 is 30.3. The van der Waals surface area contributed by atoms with Crippen molar-refractivity contribution in [2.24, 2.45) is 4.40 Å². The summed E-state index contributed by atoms with van der Waals surface area (Å²) in [4.78, 5) is 27.6. The molecular weight excluding hydrogens is 470 g/mol. The molecule has 7 nitrogen and oxygen atoms in total. The Kier molecular flexibility index (Phi) is 7.73. The predicted octanol–water partition coefficient (Wildman–Crippen LogP) is 4.60. The maximum absolute atomic E-state index is 13.4. The minimum Gasteiger partial charge on any atom is -0.326 e. The third-order valence-corrected chi connectivity index (χ3v) is 8.71. The molecule has 1 saturated carbocycles. The van der Waals surface area contributed by atoms with E-state index in [4.69, 9.17) is 0 Å². The summed E-state index contributed by atoms with van der Waals surface area (Å²) in [5.41, 5.74) is 1.68. The van der Waals surface area contributed by atoms with Crippen LogP contribution in [0.5, 0.6) is 0 Å². The molecule has 2 aromatic rings. The Bertz CT molecular complexity index is 1160. The summed E-state index contributed by atoms with van der Waals surface area (Å²) in [7, 11) is -3.99. The second-order valence-corrected chi connectivity index (χ2v) is 11.3. The number of nitrogens with zero attached hydrogens (tertiary/aromatic N) is 2. The third-order valence-electron chi connectivity index (χ3n) is 6.16. The lowest BCUT2D eigenvalue weighted by Gasteiger charge is -2.30. The van der Waals surface area contributed by atoms with Crippen molar-refractivity contribution in [3.63, 3.8) is 0 Å². The SMILES string of the molecule is CCc1ccc(S(=O)(=O)/N=C2/SC(CC(=O)Nc3ccccc3)C(=O)N2C2CCCCC2)cc1. The molecule has 1 saturated heterocycles. The highest BCUT2D eigenvalue weighted by Gasteiger charge is 2.43. The van der Waals surface area contributed by atoms with Gasteiger partial charge in [0, 0.05) is 18.2 Å². The van der Waals surface area contributed by atoms with E-state index in [1.54, 1.807) is 41.3 Å². The molecule has 0 aromatic heterocycles. The molecule has 0 radical (unpaired) electrons. The molecule has 2 aromatic carbocycles. The molecule has 2 aliphatic rings. The molecule has 1 aliphatic heterocycles. The molecule has 2 amide bonds. The van der Waals surface area contributed by atoms with Gasteiger partial charge in [-0.2, -0.15) is 8.42 Å². The van der Waals surface area contributed by atoms with Gasteiger partial charge in [0.05, 0.1) is 4.90 Å². The topological polar surface area (TPSA) is 95.9 Å². The number of carbonyl (C=O) groups excluding carboxylic acids is 2. The van der Waals surface area contributed by atoms with E-state index in [1.165, 1.54) is 0 Å². The molecule has 0 bridgehead atoms. The Balaban J connectivity index is 1.58. The van der Waals surface area contributed by atoms with Crippen molar-refractivity contribution in [3.05, 3.63) is 60.2 Å². The van der Waals surface area contributed by atoms with Gasteiger partial charge in [0.2, 0.25) is 11.8 Å². The van der Waals surface area contributed by atoms with Crippen LogP contribution in [0, 0.1) is 0 Å². The number of amides is 2. The number of benzene rings is 2. The second-order valence-electron chi connectivity index (χ2n) is 8.57. The van der Waals surface area contributed by atoms with Crippen molar-refractivity contribution in [2.45, 2.75) is 68.1 Å². The van der Waals surface area contributed by atoms with E-state index in [0.717, 1.165) is 55.9 Å². The summed E-state index contributed by atoms with van der Waals surface area (Å²) in [6.07, 6.45) is 5.43. The Morgan fingerprint density at radius 1 is 1.06 bits per heavy atom. The third kappa shape index (κ3) is 5.70. The van der Waals surface area contributed by atoms with Crippen LogP contribution in [0.2, 0.25) is 0 Å². The summed E-state index contributed by atoms with van der Waals surface area (Å²) in [6.45, 7) is 2.00. The van der Waals surface area contributed by atoms with Crippen molar-refractivity contribution < 1.29 is 18.0 Å². The zero-order valence-corrected chi connectivity index (χ0v) is 20.8. The maximum atomic E-state index is 13.4. The van der Waals surface area contributed by atoms with Gasteiger partial charge >= 0.3 is 0 Å². The van der Waals surface area contributed by atoms with E-state index >= 15 is 0 Å². The Morgan fingerprint density at radius 3 is 2.38 bits per heavy atom. The summed E-state index contributed by atoms with van der Waals surface area (Å²) in [5.74, 6) is -0.532. The number of anilines is 1. The van der Waals surface area contributed by atoms with Crippen molar-refractivity contribution >= 4 is 44.5 Å². The molecule has 1 heterocycles. The predicted molar refractivity (Wildman–Crippen MR) is 135 cm³/mol. The van der Waals surface area contributed by atoms with Crippen LogP contribution < -0.4 is 5.32 Å². The molecule has 2 fully saturated rings. The summed E-state index contributed by atoms with van der Waals surface area (Å²) in [5, 5.41) is 2.27. The van der Waals surface area contributed by atoms with Crippen molar-refractivity contribution in [1.29, 1.82) is 0 Å². The number of sulfonamides is 1. The lowest BCUT2D eigenvalue weighted by atomic mass is 9.94. The van der Waals surface area contributed by atoms with E-state index in [-0.39, 0.29) is 34.3 Å². The van der Waals surface area contributed by atoms with Crippen molar-refractivity contribution in [3.8, 4) is 0 Å². The highest BCUT2D eigenvalue weighted by atomic mass is 32.2. The van der Waals surface area contributed by atoms with Gasteiger partial charge in [-0.3, -0.25) is 14.5 Å². The number of hydrogen-bond acceptors (Lipinski definition) is 5. The summed E-state index contributed by atoms with van der Waals surface area (Å²) in [6, 6.07) is 15.6. The monoisotopic (exact) mass is 499 g/mol. The van der Waals surface area contributed by atoms with Gasteiger partial charge in [0.15, 0.2) is 5.17 Å². The number of nitrogens with one attached hydrogen (secondary N) is 1. The first-order valence-electron chi connectivity index (χ1n) is 11.7. The van der Waals surface area contributed by atoms with Gasteiger partial charge in [-0.15, -0.1) is 4.40 Å². The van der Waals surface area contributed by atoms with E-state index < -0.39 is 15.3 Å². The zero-order chi connectivity index (χ0) is 24.1. The van der Waals surface area contributed by atoms with Crippen molar-refractivity contribution in [1.82, 2.24) is 4.90 Å². The van der Waals surface area contributed by atoms with E-state index in [1.807, 2.05) is 25.1 Å². The smallest absolute Gasteiger partial charge is 0.284 e. The Morgan fingerprint density at radius 2 is 1.74 bits per heavy atom. The molecular formula is C25H29N3O4S2. The fourth-order valence-electron chi connectivity index (χ4n) is 4.31. The second kappa shape index (κ2) is 10.7. The number of carbonyl (C=O) groups is 2. The van der Waals surface area contributed by atoms with Gasteiger partial charge in [0.1, 0.15) is 5.25 Å². The molecule has 1 atom stereocenters. The van der Waals surface area contributed by atoms with Crippen molar-refractivity contribution in [2.75, 3.05) is 5.32 Å². The molecule has 9 heteroatoms. The molecule has 1 N–H and O–H groups in total. The maximum Gasteiger partial charge on any atom is 0.284 e. The van der Waals surface area contributed by atoms with E-state index in [2.05, 4.69) is 9.71 Å². The largest absolute Gasteiger partial charge is 0.326 e. The number of hydrogen-bond donors (Lipinski definition) is 1. The normalized spacial score (nSPS) is 20.6. The Hall–Kier alpha value is -2.65. The van der Waals surface area contributed by atoms with Gasteiger partial charge in [-0.05, 0) is 49.1 Å². The standard InChI is InChI=1S/C25H29N3O4S2/c1-2-18-13-15-21(16-14-18)34(31,32)27-25-28(20-11-7-4-8-12-20)24(30)22(33-25)17-23(29)26-19-9-5-3-6-10-19/h3,5-6,9-10,13-16,20,22H,2,4,7-8,11-12,17H2,1H3,(H,26,29)/b27-25+. The van der Waals surface area contributed by atoms with Gasteiger partial charge in [-0.25, -0.2) is 0 Å². The first kappa shape index (κ1) is 24.5. The van der Waals surface area contributed by atoms with Crippen LogP contribution in [-0.2, 0) is 26.0 Å². The van der Waals surface area contributed by atoms with E-state index in [9.17, 15) is 18.0 Å². The number of thioether (sulfide) groups is 1. The fraction of sp³-hybridized carbons (Fsp3) is 0.400. The fourth-order valence-corrected chi connectivity index (χ4v) is 6.71. The number of aryl methyl sites for hydroxylation is 1. The highest BCUT2D eigenvalue weighted by molar-refractivity contribution is 8.16. The lowest BCUT2D eigenvalue weighted by molar-refractivity contribution is -0.130. The summed E-state index contributed by atoms with van der Waals surface area (Å²) >= 11 is 1.07. The average Bonchev–Trinajstić information content (AvgIpc) is 3.13. The molecule has 34 heavy (non-hydrogen) atoms. The lowest BCUT2D eigenvalue weighted by Crippen LogP contribution is -2.42. The Labute approximate surface area is 205 Å². The molecule has 4 rings (SSSR count). The van der Waals surface area contributed by atoms with Crippen LogP contribution in [0.1, 0.15) is 51.0 Å². The number of rotatable bonds is 7. The molecule has 180 valence electrons. The first-order valence-corrected chi connectivity index (χ1v) is 14.0. The zero-order valence-electron chi connectivity index (χ0n) is 19.1. The first-order chi connectivity index (χ1) is 16.4. The van der Waals surface area contributed by atoms with E-state index in [0.29, 0.717) is 5.69 Å². The van der Waals surface area contributed by atoms with Gasteiger partial charge < -0.3 is 5.32 Å². The van der Waals surface area contributed by atoms with Crippen LogP contribution in [0.25, 0.3) is 0 Å². The molecule has 1 unspecified atom stereocenters. The molecule has 0 spiro atoms. The highest BCUT2D eigenvalue weighted by Crippen LogP contribution is 2.36. The van der Waals surface area contributed by atoms with Crippen LogP contribution in [-0.4, -0.2) is 41.6 Å². The minimum atomic E-state index is -3.99. The van der Waals surface area contributed by atoms with Gasteiger partial charge in [0.25, 0.3) is 10.0 Å².